The van der Waals surface area contributed by atoms with Gasteiger partial charge >= 0.3 is 0 Å². The third kappa shape index (κ3) is 13.2. The first-order chi connectivity index (χ1) is 34.8. The van der Waals surface area contributed by atoms with E-state index in [2.05, 4.69) is 89.7 Å². The fourth-order valence-electron chi connectivity index (χ4n) is 9.46. The highest BCUT2D eigenvalue weighted by atomic mass is 16.5. The molecule has 4 aliphatic heterocycles. The standard InChI is InChI=1S/C57H70N4O10/c1-5-20-61-56(62)47-11-7-10-46-45(15-16-48(55(46)47)57(61)63)9-6-8-44-14-19-51(54(41-44)71-38-33-64-4)60-25-31-69-52-39-42(2)12-17-49(52)58-21-27-65-34-36-67-29-23-59(24-30-68-37-35-66-28-22-58)50-18-13-43(3)40-53(50)70-32-26-60/h5,7,10-19,39-41H,1,6,8-9,20-38H2,2-4H3. The first kappa shape index (κ1) is 51.2. The van der Waals surface area contributed by atoms with Crippen molar-refractivity contribution in [3.8, 4) is 17.2 Å². The highest BCUT2D eigenvalue weighted by Crippen LogP contribution is 2.36. The summed E-state index contributed by atoms with van der Waals surface area (Å²) in [5.41, 5.74) is 8.43. The molecular formula is C57H70N4O10. The van der Waals surface area contributed by atoms with E-state index in [1.54, 1.807) is 13.2 Å². The number of methoxy groups -OCH3 is 1. The number of carbonyl (C=O) groups excluding carboxylic acids is 2. The summed E-state index contributed by atoms with van der Waals surface area (Å²) in [6.07, 6.45) is 3.97. The molecule has 0 spiro atoms. The van der Waals surface area contributed by atoms with Crippen molar-refractivity contribution in [3.05, 3.63) is 131 Å². The molecule has 5 aromatic carbocycles. The number of nitrogens with zero attached hydrogens (tertiary/aromatic N) is 4. The van der Waals surface area contributed by atoms with Gasteiger partial charge in [-0.15, -0.1) is 6.58 Å². The number of ether oxygens (including phenoxy) is 8. The molecule has 1 fully saturated rings. The maximum Gasteiger partial charge on any atom is 0.261 e. The van der Waals surface area contributed by atoms with Crippen LogP contribution in [0.1, 0.15) is 49.4 Å². The molecule has 0 radical (unpaired) electrons. The molecule has 0 unspecified atom stereocenters. The maximum atomic E-state index is 13.4. The van der Waals surface area contributed by atoms with Crippen LogP contribution in [0.4, 0.5) is 17.1 Å². The number of rotatable bonds is 11. The number of fused-ring (bicyclic) bond motifs is 20. The topological polar surface area (TPSA) is 121 Å². The molecule has 0 aromatic heterocycles. The van der Waals surface area contributed by atoms with Crippen LogP contribution in [-0.2, 0) is 36.5 Å². The van der Waals surface area contributed by atoms with Gasteiger partial charge in [-0.1, -0.05) is 42.5 Å². The van der Waals surface area contributed by atoms with Crippen LogP contribution in [0.15, 0.2) is 97.6 Å². The SMILES string of the molecule is C=CCN1C(=O)c2cccc3c(CCCc4ccc(N5CCOc6cc(C)ccc6N6CCOCCOCCN(CCOCCOCC6)c6ccc(C)cc6OCC5)c(OCCOC)c4)ccc(c23)C1=O. The second-order valence-corrected chi connectivity index (χ2v) is 18.1. The fourth-order valence-corrected chi connectivity index (χ4v) is 9.46. The van der Waals surface area contributed by atoms with Crippen molar-refractivity contribution in [3.63, 3.8) is 0 Å². The van der Waals surface area contributed by atoms with E-state index in [-0.39, 0.29) is 18.4 Å². The molecule has 2 amide bonds. The van der Waals surface area contributed by atoms with Crippen molar-refractivity contribution in [1.29, 1.82) is 0 Å². The van der Waals surface area contributed by atoms with Gasteiger partial charge in [-0.05, 0) is 109 Å². The summed E-state index contributed by atoms with van der Waals surface area (Å²) in [4.78, 5) is 34.9. The van der Waals surface area contributed by atoms with E-state index in [0.717, 1.165) is 86.6 Å². The quantitative estimate of drug-likeness (QED) is 0.0549. The summed E-state index contributed by atoms with van der Waals surface area (Å²) in [5, 5.41) is 1.67. The van der Waals surface area contributed by atoms with Gasteiger partial charge in [0.15, 0.2) is 0 Å². The number of aryl methyl sites for hydroxylation is 4. The van der Waals surface area contributed by atoms with Gasteiger partial charge in [-0.3, -0.25) is 14.5 Å². The third-order valence-corrected chi connectivity index (χ3v) is 13.1. The molecule has 5 aromatic rings. The largest absolute Gasteiger partial charge is 0.490 e. The Hall–Kier alpha value is -6.16. The van der Waals surface area contributed by atoms with Gasteiger partial charge in [0.05, 0.1) is 89.6 Å². The molecule has 0 atom stereocenters. The van der Waals surface area contributed by atoms with Gasteiger partial charge in [0, 0.05) is 56.3 Å². The van der Waals surface area contributed by atoms with Crippen molar-refractivity contribution in [2.75, 3.05) is 147 Å². The number of imide groups is 1. The lowest BCUT2D eigenvalue weighted by Crippen LogP contribution is -2.40. The number of amides is 2. The first-order valence-electron chi connectivity index (χ1n) is 25.1. The fraction of sp³-hybridized carbons (Fsp3) is 0.439. The lowest BCUT2D eigenvalue weighted by Gasteiger charge is -2.30. The van der Waals surface area contributed by atoms with Gasteiger partial charge in [0.1, 0.15) is 37.1 Å². The highest BCUT2D eigenvalue weighted by molar-refractivity contribution is 6.25. The van der Waals surface area contributed by atoms with Crippen molar-refractivity contribution < 1.29 is 47.5 Å². The summed E-state index contributed by atoms with van der Waals surface area (Å²) in [6, 6.07) is 28.8. The Morgan fingerprint density at radius 2 is 1.11 bits per heavy atom. The second-order valence-electron chi connectivity index (χ2n) is 18.1. The Kier molecular flexibility index (Phi) is 18.6. The van der Waals surface area contributed by atoms with E-state index < -0.39 is 0 Å². The number of benzene rings is 5. The Balaban J connectivity index is 1.08. The molecule has 2 bridgehead atoms. The average molecular weight is 971 g/mol. The number of hydrogen-bond donors (Lipinski definition) is 0. The van der Waals surface area contributed by atoms with Crippen LogP contribution in [0, 0.1) is 13.8 Å². The van der Waals surface area contributed by atoms with E-state index in [1.165, 1.54) is 4.90 Å². The molecule has 378 valence electrons. The highest BCUT2D eigenvalue weighted by Gasteiger charge is 2.32. The van der Waals surface area contributed by atoms with Crippen LogP contribution in [-0.4, -0.2) is 149 Å². The van der Waals surface area contributed by atoms with Crippen LogP contribution in [0.5, 0.6) is 17.2 Å². The van der Waals surface area contributed by atoms with Crippen LogP contribution < -0.4 is 28.9 Å². The predicted molar refractivity (Wildman–Crippen MR) is 279 cm³/mol. The normalized spacial score (nSPS) is 17.0. The summed E-state index contributed by atoms with van der Waals surface area (Å²) < 4.78 is 50.0. The summed E-state index contributed by atoms with van der Waals surface area (Å²) in [5.74, 6) is 1.78. The molecule has 4 heterocycles. The predicted octanol–water partition coefficient (Wildman–Crippen LogP) is 8.11. The number of hydrogen-bond acceptors (Lipinski definition) is 13. The molecule has 14 nitrogen and oxygen atoms in total. The van der Waals surface area contributed by atoms with Gasteiger partial charge in [-0.25, -0.2) is 0 Å². The second kappa shape index (κ2) is 25.8. The zero-order valence-corrected chi connectivity index (χ0v) is 41.8. The van der Waals surface area contributed by atoms with Crippen molar-refractivity contribution in [2.45, 2.75) is 33.1 Å². The minimum atomic E-state index is -0.285. The van der Waals surface area contributed by atoms with E-state index in [1.807, 2.05) is 30.3 Å². The molecule has 14 heteroatoms. The average Bonchev–Trinajstić information content (AvgIpc) is 3.37. The Labute approximate surface area is 418 Å². The van der Waals surface area contributed by atoms with Crippen LogP contribution >= 0.6 is 0 Å². The van der Waals surface area contributed by atoms with Crippen LogP contribution in [0.2, 0.25) is 0 Å². The first-order valence-corrected chi connectivity index (χ1v) is 25.1. The molecule has 1 saturated heterocycles. The van der Waals surface area contributed by atoms with Gasteiger partial charge in [0.25, 0.3) is 11.8 Å². The molecule has 0 N–H and O–H groups in total. The minimum absolute atomic E-state index is 0.171. The maximum absolute atomic E-state index is 13.4. The van der Waals surface area contributed by atoms with Crippen molar-refractivity contribution >= 4 is 39.6 Å². The van der Waals surface area contributed by atoms with E-state index in [9.17, 15) is 9.59 Å². The zero-order valence-electron chi connectivity index (χ0n) is 41.8. The molecule has 9 rings (SSSR count). The molecule has 0 aliphatic carbocycles. The van der Waals surface area contributed by atoms with Gasteiger partial charge in [0.2, 0.25) is 0 Å². The molecule has 0 saturated carbocycles. The smallest absolute Gasteiger partial charge is 0.261 e. The Morgan fingerprint density at radius 1 is 0.577 bits per heavy atom. The summed E-state index contributed by atoms with van der Waals surface area (Å²) >= 11 is 0. The minimum Gasteiger partial charge on any atom is -0.490 e. The van der Waals surface area contributed by atoms with Crippen LogP contribution in [0.3, 0.4) is 0 Å². The monoisotopic (exact) mass is 971 g/mol. The van der Waals surface area contributed by atoms with E-state index in [0.29, 0.717) is 130 Å². The Morgan fingerprint density at radius 3 is 1.68 bits per heavy atom. The lowest BCUT2D eigenvalue weighted by atomic mass is 9.89. The molecular weight excluding hydrogens is 901 g/mol. The lowest BCUT2D eigenvalue weighted by molar-refractivity contribution is 0.0435. The summed E-state index contributed by atoms with van der Waals surface area (Å²) in [6.45, 7) is 17.5. The van der Waals surface area contributed by atoms with Crippen molar-refractivity contribution in [1.82, 2.24) is 4.90 Å². The van der Waals surface area contributed by atoms with E-state index >= 15 is 0 Å². The van der Waals surface area contributed by atoms with Gasteiger partial charge in [-0.2, -0.15) is 0 Å². The van der Waals surface area contributed by atoms with Crippen LogP contribution in [0.25, 0.3) is 10.8 Å². The number of carbonyl (C=O) groups is 2. The molecule has 71 heavy (non-hydrogen) atoms. The Bertz CT molecular complexity index is 2460. The number of anilines is 3. The van der Waals surface area contributed by atoms with E-state index in [4.69, 9.17) is 37.9 Å². The summed E-state index contributed by atoms with van der Waals surface area (Å²) in [7, 11) is 1.68. The molecule has 4 aliphatic rings. The van der Waals surface area contributed by atoms with Crippen molar-refractivity contribution in [2.24, 2.45) is 0 Å². The zero-order chi connectivity index (χ0) is 49.4. The van der Waals surface area contributed by atoms with Gasteiger partial charge < -0.3 is 52.6 Å². The third-order valence-electron chi connectivity index (χ3n) is 13.1.